The van der Waals surface area contributed by atoms with Crippen LogP contribution in [0, 0.1) is 11.8 Å². The number of halogens is 1. The summed E-state index contributed by atoms with van der Waals surface area (Å²) in [7, 11) is 0. The summed E-state index contributed by atoms with van der Waals surface area (Å²) < 4.78 is 0. The zero-order valence-corrected chi connectivity index (χ0v) is 24.7. The van der Waals surface area contributed by atoms with Crippen molar-refractivity contribution in [3.63, 3.8) is 0 Å². The zero-order valence-electron chi connectivity index (χ0n) is 24.0. The monoisotopic (exact) mass is 594 g/mol. The van der Waals surface area contributed by atoms with E-state index in [9.17, 15) is 24.0 Å². The summed E-state index contributed by atoms with van der Waals surface area (Å²) in [6, 6.07) is 13.4. The Morgan fingerprint density at radius 1 is 1.00 bits per heavy atom. The molecule has 9 nitrogen and oxygen atoms in total. The zero-order chi connectivity index (χ0) is 30.5. The highest BCUT2D eigenvalue weighted by molar-refractivity contribution is 6.30. The van der Waals surface area contributed by atoms with Crippen LogP contribution in [-0.4, -0.2) is 54.6 Å². The minimum atomic E-state index is -1.01. The van der Waals surface area contributed by atoms with Gasteiger partial charge >= 0.3 is 0 Å². The molecule has 0 spiro atoms. The maximum atomic E-state index is 13.6. The summed E-state index contributed by atoms with van der Waals surface area (Å²) in [6.45, 7) is 4.43. The molecule has 1 aliphatic heterocycles. The van der Waals surface area contributed by atoms with E-state index in [0.717, 1.165) is 17.5 Å². The lowest BCUT2D eigenvalue weighted by atomic mass is 9.91. The van der Waals surface area contributed by atoms with E-state index in [-0.39, 0.29) is 30.6 Å². The average Bonchev–Trinajstić information content (AvgIpc) is 2.96. The first-order valence-corrected chi connectivity index (χ1v) is 14.6. The van der Waals surface area contributed by atoms with E-state index in [1.54, 1.807) is 30.3 Å². The standard InChI is InChI=1S/C32H39ClN4O5/c1-21(2)16-27(31(41)35-26(20-38)19-24-11-7-15-34-30(24)40)37-32(42)28(18-23-10-6-12-25(33)17-23)36-29(39)14-13-22-8-4-3-5-9-22/h3-6,8-10,12-14,17,20-21,24,26-28H,7,11,15-16,18-19H2,1-2H3,(H,34,40)(H,35,41)(H,36,39)(H,37,42)/t24-,26-,27-,28-/m0/s1. The minimum absolute atomic E-state index is 0.0367. The van der Waals surface area contributed by atoms with Gasteiger partial charge in [0.05, 0.1) is 6.04 Å². The molecule has 224 valence electrons. The average molecular weight is 595 g/mol. The van der Waals surface area contributed by atoms with Crippen LogP contribution >= 0.6 is 11.6 Å². The van der Waals surface area contributed by atoms with E-state index in [2.05, 4.69) is 21.3 Å². The van der Waals surface area contributed by atoms with Crippen molar-refractivity contribution in [3.05, 3.63) is 76.8 Å². The van der Waals surface area contributed by atoms with E-state index >= 15 is 0 Å². The molecule has 4 N–H and O–H groups in total. The highest BCUT2D eigenvalue weighted by atomic mass is 35.5. The number of carbonyl (C=O) groups is 5. The molecular formula is C32H39ClN4O5. The second-order valence-corrected chi connectivity index (χ2v) is 11.4. The van der Waals surface area contributed by atoms with Gasteiger partial charge in [0.15, 0.2) is 0 Å². The van der Waals surface area contributed by atoms with Crippen molar-refractivity contribution in [3.8, 4) is 0 Å². The highest BCUT2D eigenvalue weighted by Crippen LogP contribution is 2.18. The van der Waals surface area contributed by atoms with E-state index in [1.807, 2.05) is 44.2 Å². The first kappa shape index (κ1) is 32.5. The number of benzene rings is 2. The first-order valence-electron chi connectivity index (χ1n) is 14.3. The number of hydrogen-bond acceptors (Lipinski definition) is 5. The molecule has 0 bridgehead atoms. The van der Waals surface area contributed by atoms with Crippen LogP contribution in [0.15, 0.2) is 60.7 Å². The maximum Gasteiger partial charge on any atom is 0.244 e. The molecule has 4 atom stereocenters. The van der Waals surface area contributed by atoms with Gasteiger partial charge in [-0.2, -0.15) is 0 Å². The molecule has 4 amide bonds. The fraction of sp³-hybridized carbons (Fsp3) is 0.406. The van der Waals surface area contributed by atoms with Crippen molar-refractivity contribution in [2.75, 3.05) is 6.54 Å². The predicted molar refractivity (Wildman–Crippen MR) is 162 cm³/mol. The SMILES string of the molecule is CC(C)C[C@H](NC(=O)[C@H](Cc1cccc(Cl)c1)NC(=O)C=Cc1ccccc1)C(=O)N[C@H](C=O)C[C@@H]1CCCNC1=O. The van der Waals surface area contributed by atoms with Crippen molar-refractivity contribution >= 4 is 47.6 Å². The second kappa shape index (κ2) is 16.5. The normalized spacial score (nSPS) is 17.1. The van der Waals surface area contributed by atoms with Crippen molar-refractivity contribution in [2.24, 2.45) is 11.8 Å². The number of carbonyl (C=O) groups excluding carboxylic acids is 5. The Labute approximate surface area is 251 Å². The summed E-state index contributed by atoms with van der Waals surface area (Å²) in [5.41, 5.74) is 1.55. The molecule has 2 aromatic rings. The molecule has 1 aliphatic rings. The van der Waals surface area contributed by atoms with Crippen molar-refractivity contribution < 1.29 is 24.0 Å². The van der Waals surface area contributed by atoms with E-state index in [0.29, 0.717) is 30.7 Å². The van der Waals surface area contributed by atoms with Crippen LogP contribution in [0.2, 0.25) is 5.02 Å². The van der Waals surface area contributed by atoms with Gasteiger partial charge in [-0.3, -0.25) is 19.2 Å². The van der Waals surface area contributed by atoms with Gasteiger partial charge in [0.1, 0.15) is 18.4 Å². The topological polar surface area (TPSA) is 133 Å². The third-order valence-corrected chi connectivity index (χ3v) is 7.19. The molecule has 0 unspecified atom stereocenters. The number of amides is 4. The summed E-state index contributed by atoms with van der Waals surface area (Å²) >= 11 is 6.15. The third-order valence-electron chi connectivity index (χ3n) is 6.96. The van der Waals surface area contributed by atoms with Crippen molar-refractivity contribution in [2.45, 2.75) is 64.1 Å². The van der Waals surface area contributed by atoms with Crippen LogP contribution < -0.4 is 21.3 Å². The molecular weight excluding hydrogens is 556 g/mol. The van der Waals surface area contributed by atoms with Crippen LogP contribution in [0.3, 0.4) is 0 Å². The summed E-state index contributed by atoms with van der Waals surface area (Å²) in [5, 5.41) is 11.5. The molecule has 0 saturated carbocycles. The Balaban J connectivity index is 1.74. The van der Waals surface area contributed by atoms with Gasteiger partial charge in [0.25, 0.3) is 0 Å². The van der Waals surface area contributed by atoms with Gasteiger partial charge in [-0.1, -0.05) is 67.9 Å². The first-order chi connectivity index (χ1) is 20.1. The molecule has 42 heavy (non-hydrogen) atoms. The Morgan fingerprint density at radius 3 is 2.40 bits per heavy atom. The quantitative estimate of drug-likeness (QED) is 0.197. The van der Waals surface area contributed by atoms with Crippen molar-refractivity contribution in [1.82, 2.24) is 21.3 Å². The van der Waals surface area contributed by atoms with Crippen LogP contribution in [0.25, 0.3) is 6.08 Å². The summed E-state index contributed by atoms with van der Waals surface area (Å²) in [5.74, 6) is -2.01. The van der Waals surface area contributed by atoms with Crippen LogP contribution in [0.5, 0.6) is 0 Å². The number of rotatable bonds is 14. The Morgan fingerprint density at radius 2 is 1.74 bits per heavy atom. The van der Waals surface area contributed by atoms with Crippen LogP contribution in [0.1, 0.15) is 50.7 Å². The fourth-order valence-electron chi connectivity index (χ4n) is 4.84. The molecule has 1 fully saturated rings. The van der Waals surface area contributed by atoms with E-state index in [1.165, 1.54) is 6.08 Å². The van der Waals surface area contributed by atoms with Gasteiger partial charge in [-0.05, 0) is 60.9 Å². The Kier molecular flexibility index (Phi) is 12.7. The largest absolute Gasteiger partial charge is 0.356 e. The number of aldehydes is 1. The van der Waals surface area contributed by atoms with Gasteiger partial charge in [0.2, 0.25) is 23.6 Å². The Bertz CT molecular complexity index is 1270. The molecule has 0 aromatic heterocycles. The van der Waals surface area contributed by atoms with Gasteiger partial charge in [-0.15, -0.1) is 0 Å². The van der Waals surface area contributed by atoms with Crippen LogP contribution in [-0.2, 0) is 30.4 Å². The summed E-state index contributed by atoms with van der Waals surface area (Å²) in [4.78, 5) is 63.7. The Hall–Kier alpha value is -3.98. The van der Waals surface area contributed by atoms with E-state index in [4.69, 9.17) is 11.6 Å². The third kappa shape index (κ3) is 10.8. The minimum Gasteiger partial charge on any atom is -0.356 e. The lowest BCUT2D eigenvalue weighted by Gasteiger charge is -2.27. The summed E-state index contributed by atoms with van der Waals surface area (Å²) in [6.07, 6.45) is 5.69. The molecule has 1 saturated heterocycles. The number of hydrogen-bond donors (Lipinski definition) is 4. The second-order valence-electron chi connectivity index (χ2n) is 10.9. The number of piperidine rings is 1. The smallest absolute Gasteiger partial charge is 0.244 e. The lowest BCUT2D eigenvalue weighted by Crippen LogP contribution is -2.56. The van der Waals surface area contributed by atoms with Crippen LogP contribution in [0.4, 0.5) is 0 Å². The lowest BCUT2D eigenvalue weighted by molar-refractivity contribution is -0.133. The highest BCUT2D eigenvalue weighted by Gasteiger charge is 2.31. The van der Waals surface area contributed by atoms with E-state index < -0.39 is 35.8 Å². The van der Waals surface area contributed by atoms with Gasteiger partial charge in [-0.25, -0.2) is 0 Å². The van der Waals surface area contributed by atoms with Gasteiger partial charge in [0, 0.05) is 30.0 Å². The molecule has 1 heterocycles. The van der Waals surface area contributed by atoms with Gasteiger partial charge < -0.3 is 26.1 Å². The molecule has 0 aliphatic carbocycles. The van der Waals surface area contributed by atoms with Crippen molar-refractivity contribution in [1.29, 1.82) is 0 Å². The predicted octanol–water partition coefficient (Wildman–Crippen LogP) is 3.21. The molecule has 10 heteroatoms. The molecule has 3 rings (SSSR count). The molecule has 0 radical (unpaired) electrons. The number of nitrogens with one attached hydrogen (secondary N) is 4. The fourth-order valence-corrected chi connectivity index (χ4v) is 5.05. The maximum absolute atomic E-state index is 13.6. The molecule has 2 aromatic carbocycles.